The summed E-state index contributed by atoms with van der Waals surface area (Å²) in [6, 6.07) is 4.09. The first-order valence-electron chi connectivity index (χ1n) is 15.4. The number of fused-ring (bicyclic) bond motifs is 5. The van der Waals surface area contributed by atoms with E-state index in [0.717, 1.165) is 40.8 Å². The van der Waals surface area contributed by atoms with Gasteiger partial charge in [-0.2, -0.15) is 0 Å². The second-order valence-corrected chi connectivity index (χ2v) is 18.1. The van der Waals surface area contributed by atoms with Crippen LogP contribution in [0.1, 0.15) is 103 Å². The van der Waals surface area contributed by atoms with Gasteiger partial charge in [-0.15, -0.1) is 11.3 Å². The van der Waals surface area contributed by atoms with Gasteiger partial charge in [-0.25, -0.2) is 4.57 Å². The molecule has 10 heteroatoms. The van der Waals surface area contributed by atoms with Crippen LogP contribution < -0.4 is 5.32 Å². The average molecular weight is 673 g/mol. The van der Waals surface area contributed by atoms with Crippen LogP contribution in [0.25, 0.3) is 0 Å². The molecule has 10 atom stereocenters. The molecule has 0 spiro atoms. The number of nitrogens with one attached hydrogen (secondary N) is 1. The molecule has 7 nitrogen and oxygen atoms in total. The minimum absolute atomic E-state index is 0.000893. The van der Waals surface area contributed by atoms with Gasteiger partial charge in [0, 0.05) is 24.1 Å². The Labute approximate surface area is 257 Å². The first-order chi connectivity index (χ1) is 19.1. The molecule has 0 saturated heterocycles. The molecule has 3 N–H and O–H groups in total. The first kappa shape index (κ1) is 31.8. The van der Waals surface area contributed by atoms with E-state index in [1.165, 1.54) is 0 Å². The Kier molecular flexibility index (Phi) is 9.12. The van der Waals surface area contributed by atoms with Gasteiger partial charge in [0.25, 0.3) is 0 Å². The topological polar surface area (TPSA) is 113 Å². The van der Waals surface area contributed by atoms with Gasteiger partial charge in [0.05, 0.1) is 15.9 Å². The number of amides is 1. The van der Waals surface area contributed by atoms with Crippen LogP contribution in [0.15, 0.2) is 15.9 Å². The molecule has 0 radical (unpaired) electrons. The molecule has 1 aromatic rings. The predicted octanol–water partition coefficient (Wildman–Crippen LogP) is 7.67. The van der Waals surface area contributed by atoms with Gasteiger partial charge in [0.1, 0.15) is 5.78 Å². The van der Waals surface area contributed by atoms with Gasteiger partial charge in [-0.3, -0.25) is 14.1 Å². The van der Waals surface area contributed by atoms with Gasteiger partial charge in [-0.1, -0.05) is 34.6 Å². The first-order valence-corrected chi connectivity index (χ1v) is 18.6. The van der Waals surface area contributed by atoms with Crippen molar-refractivity contribution in [2.75, 3.05) is 0 Å². The van der Waals surface area contributed by atoms with E-state index in [0.29, 0.717) is 37.5 Å². The van der Waals surface area contributed by atoms with E-state index in [1.807, 2.05) is 6.07 Å². The Morgan fingerprint density at radius 2 is 1.85 bits per heavy atom. The Morgan fingerprint density at radius 3 is 2.49 bits per heavy atom. The van der Waals surface area contributed by atoms with Crippen molar-refractivity contribution >= 4 is 46.8 Å². The number of hydrogen-bond acceptors (Lipinski definition) is 5. The lowest BCUT2D eigenvalue weighted by Crippen LogP contribution is -2.58. The number of rotatable bonds is 8. The number of phosphoric ester groups is 1. The molecule has 1 aromatic heterocycles. The molecule has 41 heavy (non-hydrogen) atoms. The van der Waals surface area contributed by atoms with Crippen LogP contribution in [0, 0.1) is 52.3 Å². The molecule has 0 aromatic carbocycles. The molecule has 230 valence electrons. The third-order valence-electron chi connectivity index (χ3n) is 11.9. The van der Waals surface area contributed by atoms with Gasteiger partial charge >= 0.3 is 7.82 Å². The van der Waals surface area contributed by atoms with Crippen molar-refractivity contribution in [2.24, 2.45) is 52.3 Å². The molecule has 4 aliphatic carbocycles. The summed E-state index contributed by atoms with van der Waals surface area (Å²) < 4.78 is 18.8. The fourth-order valence-electron chi connectivity index (χ4n) is 9.98. The molecule has 0 aliphatic heterocycles. The van der Waals surface area contributed by atoms with E-state index >= 15 is 0 Å². The Hall–Kier alpha value is -0.570. The summed E-state index contributed by atoms with van der Waals surface area (Å²) >= 11 is 5.21. The van der Waals surface area contributed by atoms with E-state index in [1.54, 1.807) is 11.3 Å². The number of hydrogen-bond donors (Lipinski definition) is 3. The van der Waals surface area contributed by atoms with Gasteiger partial charge < -0.3 is 15.1 Å². The van der Waals surface area contributed by atoms with Crippen molar-refractivity contribution in [3.8, 4) is 0 Å². The third kappa shape index (κ3) is 6.20. The number of halogens is 1. The molecule has 4 saturated carbocycles. The highest BCUT2D eigenvalue weighted by Crippen LogP contribution is 2.69. The summed E-state index contributed by atoms with van der Waals surface area (Å²) in [5, 5.41) is 3.32. The predicted molar refractivity (Wildman–Crippen MR) is 164 cm³/mol. The lowest BCUT2D eigenvalue weighted by Gasteiger charge is -2.62. The molecule has 2 unspecified atom stereocenters. The van der Waals surface area contributed by atoms with Crippen molar-refractivity contribution in [1.82, 2.24) is 5.32 Å². The molecule has 0 bridgehead atoms. The summed E-state index contributed by atoms with van der Waals surface area (Å²) in [4.78, 5) is 46.7. The Bertz CT molecular complexity index is 1200. The number of Topliss-reactive ketones (excluding diaryl/α,β-unsaturated/α-hetero) is 1. The van der Waals surface area contributed by atoms with Crippen LogP contribution in [0.5, 0.6) is 0 Å². The normalized spacial score (nSPS) is 38.6. The van der Waals surface area contributed by atoms with Crippen molar-refractivity contribution < 1.29 is 28.5 Å². The second kappa shape index (κ2) is 11.7. The van der Waals surface area contributed by atoms with Crippen molar-refractivity contribution in [3.63, 3.8) is 0 Å². The number of carbonyl (C=O) groups is 2. The van der Waals surface area contributed by atoms with E-state index in [4.69, 9.17) is 4.52 Å². The molecular formula is C31H47BrNO6PS. The smallest absolute Gasteiger partial charge is 0.348 e. The van der Waals surface area contributed by atoms with Crippen molar-refractivity contribution in [3.05, 3.63) is 20.8 Å². The quantitative estimate of drug-likeness (QED) is 0.245. The summed E-state index contributed by atoms with van der Waals surface area (Å²) in [6.07, 6.45) is 6.49. The monoisotopic (exact) mass is 671 g/mol. The number of carbonyl (C=O) groups excluding carboxylic acids is 2. The molecule has 1 heterocycles. The fraction of sp³-hybridized carbons (Fsp3) is 0.806. The second-order valence-electron chi connectivity index (χ2n) is 14.4. The van der Waals surface area contributed by atoms with Gasteiger partial charge in [-0.05, 0) is 119 Å². The molecule has 1 amide bonds. The van der Waals surface area contributed by atoms with E-state index in [-0.39, 0.29) is 58.2 Å². The SMILES string of the molecule is CC(C)C(NC(=O)C[C@@H](C)C1CC[C@H]2[C@@H]3[C@H](OP(=O)(O)O)C[C@@H]4CC(=O)CC[C@]4(C)[C@H]3CC[C@]12C)c1ccc(Br)s1. The maximum atomic E-state index is 13.4. The summed E-state index contributed by atoms with van der Waals surface area (Å²) in [5.74, 6) is 1.94. The lowest BCUT2D eigenvalue weighted by molar-refractivity contribution is -0.166. The molecule has 4 fully saturated rings. The average Bonchev–Trinajstić information content (AvgIpc) is 3.45. The maximum absolute atomic E-state index is 13.4. The largest absolute Gasteiger partial charge is 0.469 e. The van der Waals surface area contributed by atoms with Crippen molar-refractivity contribution in [1.29, 1.82) is 0 Å². The highest BCUT2D eigenvalue weighted by atomic mass is 79.9. The zero-order valence-electron chi connectivity index (χ0n) is 25.0. The third-order valence-corrected chi connectivity index (χ3v) is 14.2. The molecule has 4 aliphatic rings. The summed E-state index contributed by atoms with van der Waals surface area (Å²) in [6.45, 7) is 11.2. The van der Waals surface area contributed by atoms with Crippen LogP contribution in [0.4, 0.5) is 0 Å². The van der Waals surface area contributed by atoms with E-state index < -0.39 is 13.9 Å². The summed E-state index contributed by atoms with van der Waals surface area (Å²) in [7, 11) is -4.68. The number of thiophene rings is 1. The number of ketones is 1. The van der Waals surface area contributed by atoms with Gasteiger partial charge in [0.2, 0.25) is 5.91 Å². The zero-order valence-corrected chi connectivity index (χ0v) is 28.3. The van der Waals surface area contributed by atoms with Gasteiger partial charge in [0.15, 0.2) is 0 Å². The molecular weight excluding hydrogens is 625 g/mol. The maximum Gasteiger partial charge on any atom is 0.469 e. The Morgan fingerprint density at radius 1 is 1.15 bits per heavy atom. The Balaban J connectivity index is 1.34. The van der Waals surface area contributed by atoms with Crippen LogP contribution >= 0.6 is 35.1 Å². The fourth-order valence-corrected chi connectivity index (χ4v) is 12.2. The van der Waals surface area contributed by atoms with E-state index in [9.17, 15) is 23.9 Å². The number of phosphoric acid groups is 1. The van der Waals surface area contributed by atoms with Crippen LogP contribution in [-0.4, -0.2) is 27.6 Å². The van der Waals surface area contributed by atoms with E-state index in [2.05, 4.69) is 61.9 Å². The van der Waals surface area contributed by atoms with Crippen molar-refractivity contribution in [2.45, 2.75) is 105 Å². The molecule has 5 rings (SSSR count). The summed E-state index contributed by atoms with van der Waals surface area (Å²) in [5.41, 5.74) is -0.0119. The van der Waals surface area contributed by atoms with Crippen LogP contribution in [-0.2, 0) is 18.7 Å². The minimum atomic E-state index is -4.68. The minimum Gasteiger partial charge on any atom is -0.348 e. The highest BCUT2D eigenvalue weighted by molar-refractivity contribution is 9.11. The van der Waals surface area contributed by atoms with Crippen LogP contribution in [0.3, 0.4) is 0 Å². The standard InChI is InChI=1S/C31H47BrNO6PS/c1-17(2)29(25-8-9-26(32)41-25)33-27(35)14-18(3)21-6-7-22-28-23(11-13-31(21,22)5)30(4)12-10-20(34)15-19(30)16-24(28)39-40(36,37)38/h8-9,17-19,21-24,28-29H,6-7,10-16H2,1-5H3,(H,33,35)(H2,36,37,38)/t18-,19+,21?,22+,23+,24-,28+,29?,30+,31-/m1/s1. The lowest BCUT2D eigenvalue weighted by atomic mass is 9.44. The van der Waals surface area contributed by atoms with Crippen LogP contribution in [0.2, 0.25) is 0 Å². The highest BCUT2D eigenvalue weighted by Gasteiger charge is 2.64. The zero-order chi connectivity index (χ0) is 29.9.